The van der Waals surface area contributed by atoms with Crippen molar-refractivity contribution in [2.24, 2.45) is 5.92 Å². The maximum atomic E-state index is 12.4. The second-order valence-electron chi connectivity index (χ2n) is 8.26. The zero-order valence-corrected chi connectivity index (χ0v) is 16.6. The minimum absolute atomic E-state index is 0.139. The summed E-state index contributed by atoms with van der Waals surface area (Å²) in [5.74, 6) is -1.68. The number of rotatable bonds is 3. The average molecular weight is 381 g/mol. The number of ether oxygens (including phenoxy) is 1. The van der Waals surface area contributed by atoms with E-state index >= 15 is 0 Å². The standard InChI is InChI=1S/C23H27NO4/c1-23(2,3)28-22(27)24-13-12-19(20(15-24)21(25)26)18-11-7-10-17(14-18)16-8-5-4-6-9-16/h4-11,14,19-20H,12-13,15H2,1-3H3,(H,25,26)/t19?,20-/m0/s1. The Morgan fingerprint density at radius 3 is 2.36 bits per heavy atom. The lowest BCUT2D eigenvalue weighted by atomic mass is 9.80. The van der Waals surface area contributed by atoms with Gasteiger partial charge in [-0.05, 0) is 43.9 Å². The Labute approximate surface area is 165 Å². The van der Waals surface area contributed by atoms with Crippen molar-refractivity contribution in [1.29, 1.82) is 0 Å². The second kappa shape index (κ2) is 8.05. The van der Waals surface area contributed by atoms with Crippen LogP contribution in [0.3, 0.4) is 0 Å². The van der Waals surface area contributed by atoms with Crippen LogP contribution in [0.2, 0.25) is 0 Å². The number of carbonyl (C=O) groups excluding carboxylic acids is 1. The zero-order valence-electron chi connectivity index (χ0n) is 16.6. The number of hydrogen-bond acceptors (Lipinski definition) is 3. The third kappa shape index (κ3) is 4.71. The number of nitrogens with zero attached hydrogens (tertiary/aromatic N) is 1. The van der Waals surface area contributed by atoms with Crippen molar-refractivity contribution < 1.29 is 19.4 Å². The van der Waals surface area contributed by atoms with Crippen molar-refractivity contribution in [2.75, 3.05) is 13.1 Å². The first-order valence-electron chi connectivity index (χ1n) is 9.61. The molecule has 1 aliphatic rings. The van der Waals surface area contributed by atoms with Gasteiger partial charge in [-0.2, -0.15) is 0 Å². The van der Waals surface area contributed by atoms with Crippen LogP contribution < -0.4 is 0 Å². The van der Waals surface area contributed by atoms with Gasteiger partial charge in [0, 0.05) is 19.0 Å². The van der Waals surface area contributed by atoms with Gasteiger partial charge in [0.1, 0.15) is 5.60 Å². The molecular weight excluding hydrogens is 354 g/mol. The lowest BCUT2D eigenvalue weighted by molar-refractivity contribution is -0.144. The number of carboxylic acid groups (broad SMARTS) is 1. The Hall–Kier alpha value is -2.82. The first kappa shape index (κ1) is 19.9. The van der Waals surface area contributed by atoms with Crippen LogP contribution in [0.1, 0.15) is 38.7 Å². The molecule has 0 aliphatic carbocycles. The monoisotopic (exact) mass is 381 g/mol. The molecule has 1 N–H and O–H groups in total. The summed E-state index contributed by atoms with van der Waals surface area (Å²) in [4.78, 5) is 25.9. The molecule has 1 aliphatic heterocycles. The number of carbonyl (C=O) groups is 2. The molecule has 5 heteroatoms. The summed E-state index contributed by atoms with van der Waals surface area (Å²) in [5, 5.41) is 9.81. The fourth-order valence-corrected chi connectivity index (χ4v) is 3.67. The summed E-state index contributed by atoms with van der Waals surface area (Å²) in [7, 11) is 0. The van der Waals surface area contributed by atoms with Crippen LogP contribution in [-0.4, -0.2) is 40.8 Å². The predicted octanol–water partition coefficient (Wildman–Crippen LogP) is 4.78. The minimum Gasteiger partial charge on any atom is -0.481 e. The maximum Gasteiger partial charge on any atom is 0.410 e. The molecule has 0 bridgehead atoms. The van der Waals surface area contributed by atoms with Crippen LogP contribution in [0.5, 0.6) is 0 Å². The summed E-state index contributed by atoms with van der Waals surface area (Å²) >= 11 is 0. The van der Waals surface area contributed by atoms with Crippen molar-refractivity contribution in [2.45, 2.75) is 38.7 Å². The first-order valence-corrected chi connectivity index (χ1v) is 9.61. The van der Waals surface area contributed by atoms with Gasteiger partial charge in [-0.25, -0.2) is 4.79 Å². The largest absolute Gasteiger partial charge is 0.481 e. The Balaban J connectivity index is 1.81. The highest BCUT2D eigenvalue weighted by molar-refractivity contribution is 5.75. The molecule has 28 heavy (non-hydrogen) atoms. The highest BCUT2D eigenvalue weighted by Gasteiger charge is 2.38. The van der Waals surface area contributed by atoms with Crippen molar-refractivity contribution in [3.05, 3.63) is 60.2 Å². The van der Waals surface area contributed by atoms with Gasteiger partial charge in [-0.3, -0.25) is 4.79 Å². The Morgan fingerprint density at radius 1 is 1.04 bits per heavy atom. The Bertz CT molecular complexity index is 841. The van der Waals surface area contributed by atoms with E-state index in [9.17, 15) is 14.7 Å². The van der Waals surface area contributed by atoms with E-state index in [1.807, 2.05) is 48.5 Å². The van der Waals surface area contributed by atoms with Gasteiger partial charge in [-0.1, -0.05) is 54.6 Å². The molecule has 0 aromatic heterocycles. The van der Waals surface area contributed by atoms with E-state index in [0.29, 0.717) is 13.0 Å². The summed E-state index contributed by atoms with van der Waals surface area (Å²) in [6, 6.07) is 18.1. The SMILES string of the molecule is CC(C)(C)OC(=O)N1CCC(c2cccc(-c3ccccc3)c2)[C@@H](C(=O)O)C1. The Kier molecular flexibility index (Phi) is 5.73. The van der Waals surface area contributed by atoms with Crippen molar-refractivity contribution in [3.8, 4) is 11.1 Å². The van der Waals surface area contributed by atoms with E-state index < -0.39 is 23.6 Å². The summed E-state index contributed by atoms with van der Waals surface area (Å²) < 4.78 is 5.42. The normalized spacial score (nSPS) is 19.9. The molecule has 2 aromatic carbocycles. The van der Waals surface area contributed by atoms with Crippen molar-refractivity contribution in [3.63, 3.8) is 0 Å². The lowest BCUT2D eigenvalue weighted by Crippen LogP contribution is -2.47. The number of aliphatic carboxylic acids is 1. The predicted molar refractivity (Wildman–Crippen MR) is 108 cm³/mol. The van der Waals surface area contributed by atoms with Gasteiger partial charge >= 0.3 is 12.1 Å². The van der Waals surface area contributed by atoms with Crippen LogP contribution >= 0.6 is 0 Å². The van der Waals surface area contributed by atoms with Crippen LogP contribution in [0.15, 0.2) is 54.6 Å². The van der Waals surface area contributed by atoms with E-state index in [2.05, 4.69) is 6.07 Å². The van der Waals surface area contributed by atoms with E-state index in [4.69, 9.17) is 4.74 Å². The van der Waals surface area contributed by atoms with E-state index in [1.165, 1.54) is 4.90 Å². The van der Waals surface area contributed by atoms with Gasteiger partial charge < -0.3 is 14.7 Å². The smallest absolute Gasteiger partial charge is 0.410 e. The first-order chi connectivity index (χ1) is 13.2. The summed E-state index contributed by atoms with van der Waals surface area (Å²) in [6.07, 6.45) is 0.143. The molecule has 3 rings (SSSR count). The number of amides is 1. The molecular formula is C23H27NO4. The molecule has 1 fully saturated rings. The maximum absolute atomic E-state index is 12.4. The topological polar surface area (TPSA) is 66.8 Å². The van der Waals surface area contributed by atoms with Crippen LogP contribution in [-0.2, 0) is 9.53 Å². The van der Waals surface area contributed by atoms with Gasteiger partial charge in [0.05, 0.1) is 5.92 Å². The number of piperidine rings is 1. The quantitative estimate of drug-likeness (QED) is 0.831. The number of benzene rings is 2. The highest BCUT2D eigenvalue weighted by atomic mass is 16.6. The van der Waals surface area contributed by atoms with Crippen LogP contribution in [0, 0.1) is 5.92 Å². The summed E-state index contributed by atoms with van der Waals surface area (Å²) in [5.41, 5.74) is 2.56. The van der Waals surface area contributed by atoms with Gasteiger partial charge in [0.15, 0.2) is 0 Å². The van der Waals surface area contributed by atoms with E-state index in [-0.39, 0.29) is 12.5 Å². The number of carboxylic acids is 1. The molecule has 0 radical (unpaired) electrons. The molecule has 0 saturated carbocycles. The molecule has 1 saturated heterocycles. The lowest BCUT2D eigenvalue weighted by Gasteiger charge is -2.37. The second-order valence-corrected chi connectivity index (χ2v) is 8.26. The van der Waals surface area contributed by atoms with E-state index in [0.717, 1.165) is 16.7 Å². The van der Waals surface area contributed by atoms with Crippen molar-refractivity contribution in [1.82, 2.24) is 4.90 Å². The van der Waals surface area contributed by atoms with Gasteiger partial charge in [0.25, 0.3) is 0 Å². The average Bonchev–Trinajstić information content (AvgIpc) is 2.67. The van der Waals surface area contributed by atoms with E-state index in [1.54, 1.807) is 20.8 Å². The fraction of sp³-hybridized carbons (Fsp3) is 0.391. The minimum atomic E-state index is -0.886. The molecule has 1 heterocycles. The molecule has 2 aromatic rings. The van der Waals surface area contributed by atoms with Crippen LogP contribution in [0.4, 0.5) is 4.79 Å². The zero-order chi connectivity index (χ0) is 20.3. The molecule has 1 unspecified atom stereocenters. The molecule has 2 atom stereocenters. The van der Waals surface area contributed by atoms with Crippen molar-refractivity contribution >= 4 is 12.1 Å². The molecule has 5 nitrogen and oxygen atoms in total. The fourth-order valence-electron chi connectivity index (χ4n) is 3.67. The highest BCUT2D eigenvalue weighted by Crippen LogP contribution is 2.35. The Morgan fingerprint density at radius 2 is 1.71 bits per heavy atom. The number of likely N-dealkylation sites (tertiary alicyclic amines) is 1. The third-order valence-electron chi connectivity index (χ3n) is 5.00. The third-order valence-corrected chi connectivity index (χ3v) is 5.00. The number of hydrogen-bond donors (Lipinski definition) is 1. The van der Waals surface area contributed by atoms with Gasteiger partial charge in [0.2, 0.25) is 0 Å². The van der Waals surface area contributed by atoms with Gasteiger partial charge in [-0.15, -0.1) is 0 Å². The molecule has 148 valence electrons. The summed E-state index contributed by atoms with van der Waals surface area (Å²) in [6.45, 7) is 6.06. The molecule has 1 amide bonds. The molecule has 0 spiro atoms. The van der Waals surface area contributed by atoms with Crippen LogP contribution in [0.25, 0.3) is 11.1 Å².